The fourth-order valence-electron chi connectivity index (χ4n) is 1.57. The minimum atomic E-state index is 0.999. The molecule has 2 rings (SSSR count). The molecule has 2 nitrogen and oxygen atoms in total. The van der Waals surface area contributed by atoms with Gasteiger partial charge in [-0.1, -0.05) is 13.0 Å². The highest BCUT2D eigenvalue weighted by molar-refractivity contribution is 5.78. The van der Waals surface area contributed by atoms with E-state index in [1.807, 2.05) is 0 Å². The molecule has 2 aromatic rings. The van der Waals surface area contributed by atoms with Crippen LogP contribution >= 0.6 is 0 Å². The Balaban J connectivity index is 2.81. The van der Waals surface area contributed by atoms with Gasteiger partial charge in [0.05, 0.1) is 11.0 Å². The summed E-state index contributed by atoms with van der Waals surface area (Å²) in [5.41, 5.74) is 4.57. The van der Waals surface area contributed by atoms with Gasteiger partial charge in [-0.2, -0.15) is 0 Å². The van der Waals surface area contributed by atoms with E-state index in [0.29, 0.717) is 0 Å². The number of rotatable bonds is 1. The topological polar surface area (TPSA) is 25.8 Å². The van der Waals surface area contributed by atoms with E-state index in [1.165, 1.54) is 11.1 Å². The molecule has 13 heavy (non-hydrogen) atoms. The zero-order valence-corrected chi connectivity index (χ0v) is 7.91. The summed E-state index contributed by atoms with van der Waals surface area (Å²) >= 11 is 0. The maximum atomic E-state index is 4.33. The number of hydrogen-bond donors (Lipinski definition) is 0. The Hall–Kier alpha value is -1.44. The first-order valence-electron chi connectivity index (χ1n) is 4.51. The molecule has 0 fully saturated rings. The van der Waals surface area contributed by atoms with Crippen molar-refractivity contribution < 1.29 is 0 Å². The van der Waals surface area contributed by atoms with E-state index in [1.54, 1.807) is 12.4 Å². The van der Waals surface area contributed by atoms with Crippen LogP contribution in [0.2, 0.25) is 0 Å². The average Bonchev–Trinajstić information content (AvgIpc) is 2.16. The zero-order valence-electron chi connectivity index (χ0n) is 7.91. The average molecular weight is 172 g/mol. The number of benzene rings is 1. The molecule has 0 aliphatic carbocycles. The molecular weight excluding hydrogens is 160 g/mol. The second-order valence-corrected chi connectivity index (χ2v) is 3.20. The van der Waals surface area contributed by atoms with Crippen molar-refractivity contribution in [3.63, 3.8) is 0 Å². The van der Waals surface area contributed by atoms with Gasteiger partial charge in [0.1, 0.15) is 0 Å². The van der Waals surface area contributed by atoms with Crippen LogP contribution in [0.25, 0.3) is 11.0 Å². The summed E-state index contributed by atoms with van der Waals surface area (Å²) in [6.45, 7) is 4.23. The van der Waals surface area contributed by atoms with Gasteiger partial charge < -0.3 is 0 Å². The van der Waals surface area contributed by atoms with E-state index in [4.69, 9.17) is 0 Å². The van der Waals surface area contributed by atoms with Crippen molar-refractivity contribution in [2.24, 2.45) is 0 Å². The molecule has 0 bridgehead atoms. The first-order valence-corrected chi connectivity index (χ1v) is 4.51. The van der Waals surface area contributed by atoms with Gasteiger partial charge in [0.15, 0.2) is 0 Å². The summed E-state index contributed by atoms with van der Waals surface area (Å²) in [4.78, 5) is 8.62. The summed E-state index contributed by atoms with van der Waals surface area (Å²) in [5.74, 6) is 0. The third kappa shape index (κ3) is 1.39. The monoisotopic (exact) mass is 172 g/mol. The quantitative estimate of drug-likeness (QED) is 0.660. The highest BCUT2D eigenvalue weighted by Crippen LogP contribution is 2.16. The minimum Gasteiger partial charge on any atom is -0.253 e. The Labute approximate surface area is 77.6 Å². The molecule has 0 atom stereocenters. The molecule has 0 amide bonds. The summed E-state index contributed by atoms with van der Waals surface area (Å²) in [5, 5.41) is 0. The van der Waals surface area contributed by atoms with Crippen LogP contribution in [0, 0.1) is 6.92 Å². The summed E-state index contributed by atoms with van der Waals surface area (Å²) in [6.07, 6.45) is 4.49. The van der Waals surface area contributed by atoms with E-state index in [-0.39, 0.29) is 0 Å². The third-order valence-corrected chi connectivity index (χ3v) is 2.18. The highest BCUT2D eigenvalue weighted by atomic mass is 14.8. The van der Waals surface area contributed by atoms with Crippen molar-refractivity contribution in [3.8, 4) is 0 Å². The second-order valence-electron chi connectivity index (χ2n) is 3.20. The van der Waals surface area contributed by atoms with Crippen molar-refractivity contribution in [1.82, 2.24) is 9.97 Å². The molecule has 1 aromatic carbocycles. The highest BCUT2D eigenvalue weighted by Gasteiger charge is 2.01. The normalized spacial score (nSPS) is 10.6. The Morgan fingerprint density at radius 2 is 1.92 bits per heavy atom. The van der Waals surface area contributed by atoms with Crippen LogP contribution in [0.4, 0.5) is 0 Å². The molecule has 0 radical (unpaired) electrons. The van der Waals surface area contributed by atoms with Gasteiger partial charge in [-0.25, -0.2) is 0 Å². The van der Waals surface area contributed by atoms with Crippen molar-refractivity contribution in [2.75, 3.05) is 0 Å². The van der Waals surface area contributed by atoms with Crippen molar-refractivity contribution in [3.05, 3.63) is 35.7 Å². The van der Waals surface area contributed by atoms with Crippen LogP contribution in [-0.2, 0) is 6.42 Å². The molecule has 0 N–H and O–H groups in total. The maximum absolute atomic E-state index is 4.33. The van der Waals surface area contributed by atoms with Crippen molar-refractivity contribution in [2.45, 2.75) is 20.3 Å². The lowest BCUT2D eigenvalue weighted by Gasteiger charge is -2.03. The Kier molecular flexibility index (Phi) is 1.97. The van der Waals surface area contributed by atoms with Crippen LogP contribution in [0.1, 0.15) is 18.1 Å². The van der Waals surface area contributed by atoms with E-state index in [9.17, 15) is 0 Å². The van der Waals surface area contributed by atoms with Crippen molar-refractivity contribution >= 4 is 11.0 Å². The van der Waals surface area contributed by atoms with Gasteiger partial charge in [-0.15, -0.1) is 0 Å². The Morgan fingerprint density at radius 3 is 2.69 bits per heavy atom. The lowest BCUT2D eigenvalue weighted by Crippen LogP contribution is -1.90. The molecule has 0 saturated carbocycles. The number of aryl methyl sites for hydroxylation is 2. The molecule has 2 heteroatoms. The molecule has 1 heterocycles. The van der Waals surface area contributed by atoms with Gasteiger partial charge in [0.2, 0.25) is 0 Å². The second kappa shape index (κ2) is 3.13. The van der Waals surface area contributed by atoms with Crippen LogP contribution < -0.4 is 0 Å². The molecule has 1 aromatic heterocycles. The fourth-order valence-corrected chi connectivity index (χ4v) is 1.57. The van der Waals surface area contributed by atoms with E-state index >= 15 is 0 Å². The molecule has 66 valence electrons. The summed E-state index contributed by atoms with van der Waals surface area (Å²) < 4.78 is 0. The first-order chi connectivity index (χ1) is 6.31. The molecule has 0 aliphatic heterocycles. The summed E-state index contributed by atoms with van der Waals surface area (Å²) in [7, 11) is 0. The number of fused-ring (bicyclic) bond motifs is 1. The Bertz CT molecular complexity index is 435. The number of hydrogen-bond acceptors (Lipinski definition) is 2. The lowest BCUT2D eigenvalue weighted by molar-refractivity contribution is 1.13. The van der Waals surface area contributed by atoms with E-state index in [2.05, 4.69) is 35.9 Å². The predicted octanol–water partition coefficient (Wildman–Crippen LogP) is 2.50. The fraction of sp³-hybridized carbons (Fsp3) is 0.273. The standard InChI is InChI=1S/C11H12N2/c1-3-9-6-8(2)7-10-11(9)13-5-4-12-10/h4-7H,3H2,1-2H3. The van der Waals surface area contributed by atoms with Crippen molar-refractivity contribution in [1.29, 1.82) is 0 Å². The molecular formula is C11H12N2. The van der Waals surface area contributed by atoms with Gasteiger partial charge in [-0.3, -0.25) is 9.97 Å². The van der Waals surface area contributed by atoms with Crippen LogP contribution in [-0.4, -0.2) is 9.97 Å². The zero-order chi connectivity index (χ0) is 9.26. The largest absolute Gasteiger partial charge is 0.253 e. The van der Waals surface area contributed by atoms with Crippen LogP contribution in [0.5, 0.6) is 0 Å². The van der Waals surface area contributed by atoms with E-state index in [0.717, 1.165) is 17.5 Å². The smallest absolute Gasteiger partial charge is 0.0918 e. The summed E-state index contributed by atoms with van der Waals surface area (Å²) in [6, 6.07) is 4.25. The Morgan fingerprint density at radius 1 is 1.15 bits per heavy atom. The predicted molar refractivity (Wildman–Crippen MR) is 53.7 cm³/mol. The molecule has 0 unspecified atom stereocenters. The third-order valence-electron chi connectivity index (χ3n) is 2.18. The first kappa shape index (κ1) is 8.17. The molecule has 0 saturated heterocycles. The van der Waals surface area contributed by atoms with Gasteiger partial charge in [-0.05, 0) is 30.5 Å². The lowest BCUT2D eigenvalue weighted by atomic mass is 10.1. The van der Waals surface area contributed by atoms with Gasteiger partial charge >= 0.3 is 0 Å². The van der Waals surface area contributed by atoms with Gasteiger partial charge in [0.25, 0.3) is 0 Å². The number of aromatic nitrogens is 2. The van der Waals surface area contributed by atoms with Gasteiger partial charge in [0, 0.05) is 12.4 Å². The molecule has 0 aliphatic rings. The van der Waals surface area contributed by atoms with Crippen LogP contribution in [0.15, 0.2) is 24.5 Å². The van der Waals surface area contributed by atoms with E-state index < -0.39 is 0 Å². The SMILES string of the molecule is CCc1cc(C)cc2nccnc12. The number of nitrogens with zero attached hydrogens (tertiary/aromatic N) is 2. The molecule has 0 spiro atoms. The maximum Gasteiger partial charge on any atom is 0.0918 e. The van der Waals surface area contributed by atoms with Crippen LogP contribution in [0.3, 0.4) is 0 Å². The minimum absolute atomic E-state index is 0.999.